The van der Waals surface area contributed by atoms with Gasteiger partial charge in [-0.2, -0.15) is 5.26 Å². The molecule has 6 heteroatoms. The Hall–Kier alpha value is -1.97. The molecule has 2 aromatic rings. The highest BCUT2D eigenvalue weighted by molar-refractivity contribution is 8.00. The highest BCUT2D eigenvalue weighted by atomic mass is 32.2. The number of hydrogen-bond donors (Lipinski definition) is 2. The molecule has 1 aliphatic carbocycles. The van der Waals surface area contributed by atoms with Gasteiger partial charge in [-0.3, -0.25) is 4.79 Å². The van der Waals surface area contributed by atoms with Gasteiger partial charge in [0, 0.05) is 9.77 Å². The maximum atomic E-state index is 12.5. The van der Waals surface area contributed by atoms with E-state index in [0.717, 1.165) is 36.1 Å². The number of thiophene rings is 1. The maximum Gasteiger partial charge on any atom is 0.238 e. The van der Waals surface area contributed by atoms with Crippen LogP contribution in [-0.2, 0) is 17.6 Å². The first-order valence-corrected chi connectivity index (χ1v) is 10.1. The van der Waals surface area contributed by atoms with Crippen LogP contribution in [0.4, 0.5) is 5.00 Å². The van der Waals surface area contributed by atoms with E-state index in [0.29, 0.717) is 10.6 Å². The van der Waals surface area contributed by atoms with Crippen molar-refractivity contribution in [1.82, 2.24) is 0 Å². The van der Waals surface area contributed by atoms with E-state index in [2.05, 4.69) is 11.4 Å². The number of aromatic hydroxyl groups is 1. The average molecular weight is 373 g/mol. The van der Waals surface area contributed by atoms with E-state index < -0.39 is 0 Å². The smallest absolute Gasteiger partial charge is 0.238 e. The lowest BCUT2D eigenvalue weighted by Crippen LogP contribution is -2.22. The van der Waals surface area contributed by atoms with Crippen LogP contribution in [0, 0.1) is 11.3 Å². The van der Waals surface area contributed by atoms with Crippen molar-refractivity contribution in [2.24, 2.45) is 0 Å². The molecule has 4 nitrogen and oxygen atoms in total. The van der Waals surface area contributed by atoms with E-state index in [1.54, 1.807) is 35.6 Å². The van der Waals surface area contributed by atoms with Gasteiger partial charge in [0.1, 0.15) is 16.8 Å². The van der Waals surface area contributed by atoms with Crippen LogP contribution in [0.3, 0.4) is 0 Å². The molecule has 0 radical (unpaired) electrons. The molecule has 0 unspecified atom stereocenters. The summed E-state index contributed by atoms with van der Waals surface area (Å²) in [6.07, 6.45) is 5.40. The van der Waals surface area contributed by atoms with Crippen LogP contribution >= 0.6 is 23.1 Å². The number of thioether (sulfide) groups is 1. The van der Waals surface area contributed by atoms with E-state index >= 15 is 0 Å². The number of hydrogen-bond acceptors (Lipinski definition) is 5. The number of phenolic OH excluding ortho intramolecular Hbond substituents is 1. The molecule has 1 aromatic carbocycles. The second-order valence-corrected chi connectivity index (χ2v) is 8.64. The normalized spacial score (nSPS) is 14.9. The quantitative estimate of drug-likeness (QED) is 0.602. The minimum Gasteiger partial charge on any atom is -0.508 e. The number of rotatable bonds is 4. The molecule has 25 heavy (non-hydrogen) atoms. The largest absolute Gasteiger partial charge is 0.508 e. The van der Waals surface area contributed by atoms with Gasteiger partial charge < -0.3 is 10.4 Å². The highest BCUT2D eigenvalue weighted by Crippen LogP contribution is 2.37. The molecule has 0 saturated carbocycles. The Bertz CT molecular complexity index is 806. The van der Waals surface area contributed by atoms with Gasteiger partial charge in [-0.05, 0) is 62.4 Å². The molecule has 0 fully saturated rings. The summed E-state index contributed by atoms with van der Waals surface area (Å²) >= 11 is 2.99. The number of carbonyl (C=O) groups excluding carboxylic acids is 1. The number of carbonyl (C=O) groups is 1. The summed E-state index contributed by atoms with van der Waals surface area (Å²) in [5, 5.41) is 22.2. The van der Waals surface area contributed by atoms with Crippen molar-refractivity contribution < 1.29 is 9.90 Å². The van der Waals surface area contributed by atoms with E-state index in [-0.39, 0.29) is 16.9 Å². The van der Waals surface area contributed by atoms with Crippen molar-refractivity contribution >= 4 is 34.0 Å². The van der Waals surface area contributed by atoms with Gasteiger partial charge >= 0.3 is 0 Å². The Morgan fingerprint density at radius 2 is 2.00 bits per heavy atom. The Morgan fingerprint density at radius 3 is 2.72 bits per heavy atom. The minimum absolute atomic E-state index is 0.106. The molecule has 0 aliphatic heterocycles. The summed E-state index contributed by atoms with van der Waals surface area (Å²) in [6.45, 7) is 1.84. The molecule has 2 N–H and O–H groups in total. The summed E-state index contributed by atoms with van der Waals surface area (Å²) in [5.74, 6) is 0.103. The standard InChI is InChI=1S/C19H20N2O2S2/c1-12(24-14-9-7-13(22)8-10-14)18(23)21-19-16(11-20)15-5-3-2-4-6-17(15)25-19/h7-10,12,22H,2-6H2,1H3,(H,21,23)/t12-/m1/s1. The van der Waals surface area contributed by atoms with Crippen molar-refractivity contribution in [3.8, 4) is 11.8 Å². The van der Waals surface area contributed by atoms with Gasteiger partial charge in [-0.1, -0.05) is 6.42 Å². The second kappa shape index (κ2) is 7.94. The second-order valence-electron chi connectivity index (χ2n) is 6.12. The predicted octanol–water partition coefficient (Wildman–Crippen LogP) is 4.71. The lowest BCUT2D eigenvalue weighted by atomic mass is 10.1. The molecule has 1 aliphatic rings. The zero-order chi connectivity index (χ0) is 17.8. The van der Waals surface area contributed by atoms with Crippen LogP contribution in [0.2, 0.25) is 0 Å². The zero-order valence-electron chi connectivity index (χ0n) is 14.0. The van der Waals surface area contributed by atoms with E-state index in [4.69, 9.17) is 0 Å². The van der Waals surface area contributed by atoms with Crippen LogP contribution in [0.15, 0.2) is 29.2 Å². The Morgan fingerprint density at radius 1 is 1.28 bits per heavy atom. The first-order valence-electron chi connectivity index (χ1n) is 8.39. The third kappa shape index (κ3) is 4.17. The van der Waals surface area contributed by atoms with E-state index in [9.17, 15) is 15.2 Å². The van der Waals surface area contributed by atoms with Crippen molar-refractivity contribution in [1.29, 1.82) is 5.26 Å². The van der Waals surface area contributed by atoms with Gasteiger partial charge in [-0.25, -0.2) is 0 Å². The number of nitriles is 1. The number of fused-ring (bicyclic) bond motifs is 1. The third-order valence-corrected chi connectivity index (χ3v) is 6.61. The number of amides is 1. The molecule has 3 rings (SSSR count). The molecule has 0 saturated heterocycles. The molecule has 0 spiro atoms. The fourth-order valence-corrected chi connectivity index (χ4v) is 5.05. The average Bonchev–Trinajstić information content (AvgIpc) is 2.76. The van der Waals surface area contributed by atoms with E-state index in [1.807, 2.05) is 6.92 Å². The molecule has 1 amide bonds. The highest BCUT2D eigenvalue weighted by Gasteiger charge is 2.23. The monoisotopic (exact) mass is 372 g/mol. The fourth-order valence-electron chi connectivity index (χ4n) is 2.94. The van der Waals surface area contributed by atoms with Crippen LogP contribution < -0.4 is 5.32 Å². The van der Waals surface area contributed by atoms with Gasteiger partial charge in [0.2, 0.25) is 5.91 Å². The molecule has 0 bridgehead atoms. The zero-order valence-corrected chi connectivity index (χ0v) is 15.7. The Balaban J connectivity index is 1.72. The molecule has 130 valence electrons. The van der Waals surface area contributed by atoms with Crippen LogP contribution in [0.25, 0.3) is 0 Å². The lowest BCUT2D eigenvalue weighted by molar-refractivity contribution is -0.115. The number of benzene rings is 1. The van der Waals surface area contributed by atoms with Crippen molar-refractivity contribution in [2.45, 2.75) is 49.2 Å². The summed E-state index contributed by atoms with van der Waals surface area (Å²) < 4.78 is 0. The molecule has 1 heterocycles. The number of nitrogens with one attached hydrogen (secondary N) is 1. The molecule has 1 aromatic heterocycles. The SMILES string of the molecule is C[C@@H](Sc1ccc(O)cc1)C(=O)Nc1sc2c(c1C#N)CCCCC2. The first kappa shape index (κ1) is 17.8. The Kier molecular flexibility index (Phi) is 5.67. The van der Waals surface area contributed by atoms with Gasteiger partial charge in [0.25, 0.3) is 0 Å². The topological polar surface area (TPSA) is 73.1 Å². The number of anilines is 1. The molecule has 1 atom stereocenters. The first-order chi connectivity index (χ1) is 12.1. The minimum atomic E-state index is -0.294. The molecular weight excluding hydrogens is 352 g/mol. The van der Waals surface area contributed by atoms with Crippen molar-refractivity contribution in [3.05, 3.63) is 40.3 Å². The summed E-state index contributed by atoms with van der Waals surface area (Å²) in [7, 11) is 0. The van der Waals surface area contributed by atoms with Crippen LogP contribution in [0.5, 0.6) is 5.75 Å². The number of nitrogens with zero attached hydrogens (tertiary/aromatic N) is 1. The van der Waals surface area contributed by atoms with Gasteiger partial charge in [0.05, 0.1) is 10.8 Å². The molecular formula is C19H20N2O2S2. The summed E-state index contributed by atoms with van der Waals surface area (Å²) in [4.78, 5) is 14.7. The van der Waals surface area contributed by atoms with Crippen molar-refractivity contribution in [3.63, 3.8) is 0 Å². The fraction of sp³-hybridized carbons (Fsp3) is 0.368. The maximum absolute atomic E-state index is 12.5. The van der Waals surface area contributed by atoms with E-state index in [1.165, 1.54) is 23.1 Å². The number of aryl methyl sites for hydroxylation is 1. The third-order valence-electron chi connectivity index (χ3n) is 4.29. The summed E-state index contributed by atoms with van der Waals surface area (Å²) in [5.41, 5.74) is 1.79. The van der Waals surface area contributed by atoms with Gasteiger partial charge in [0.15, 0.2) is 0 Å². The number of phenols is 1. The van der Waals surface area contributed by atoms with Crippen molar-refractivity contribution in [2.75, 3.05) is 5.32 Å². The van der Waals surface area contributed by atoms with Gasteiger partial charge in [-0.15, -0.1) is 23.1 Å². The summed E-state index contributed by atoms with van der Waals surface area (Å²) in [6, 6.07) is 9.09. The van der Waals surface area contributed by atoms with Crippen LogP contribution in [-0.4, -0.2) is 16.3 Å². The van der Waals surface area contributed by atoms with Crippen LogP contribution in [0.1, 0.15) is 42.2 Å². The predicted molar refractivity (Wildman–Crippen MR) is 102 cm³/mol. The lowest BCUT2D eigenvalue weighted by Gasteiger charge is -2.11. The Labute approximate surface area is 155 Å².